The summed E-state index contributed by atoms with van der Waals surface area (Å²) in [5.41, 5.74) is 0. The summed E-state index contributed by atoms with van der Waals surface area (Å²) in [6, 6.07) is 4.70. The fraction of sp³-hybridized carbons (Fsp3) is 0.583. The van der Waals surface area contributed by atoms with Crippen molar-refractivity contribution in [2.75, 3.05) is 13.6 Å². The van der Waals surface area contributed by atoms with Gasteiger partial charge in [0.1, 0.15) is 5.78 Å². The van der Waals surface area contributed by atoms with E-state index in [9.17, 15) is 4.79 Å². The average Bonchev–Trinajstić information content (AvgIpc) is 2.68. The van der Waals surface area contributed by atoms with E-state index in [0.717, 1.165) is 13.0 Å². The highest BCUT2D eigenvalue weighted by molar-refractivity contribution is 7.10. The zero-order chi connectivity index (χ0) is 11.3. The van der Waals surface area contributed by atoms with Crippen LogP contribution in [0.4, 0.5) is 0 Å². The molecule has 15 heavy (non-hydrogen) atoms. The maximum absolute atomic E-state index is 10.8. The lowest BCUT2D eigenvalue weighted by atomic mass is 10.2. The monoisotopic (exact) mass is 225 g/mol. The minimum atomic E-state index is 0.284. The Morgan fingerprint density at radius 1 is 1.60 bits per heavy atom. The summed E-state index contributed by atoms with van der Waals surface area (Å²) < 4.78 is 0. The number of nitrogens with zero attached hydrogens (tertiary/aromatic N) is 1. The predicted octanol–water partition coefficient (Wildman–Crippen LogP) is 3.11. The van der Waals surface area contributed by atoms with Crippen LogP contribution in [0.15, 0.2) is 17.5 Å². The van der Waals surface area contributed by atoms with Crippen LogP contribution in [0, 0.1) is 0 Å². The normalized spacial score (nSPS) is 13.1. The van der Waals surface area contributed by atoms with Gasteiger partial charge in [0, 0.05) is 17.3 Å². The van der Waals surface area contributed by atoms with Crippen molar-refractivity contribution in [1.29, 1.82) is 0 Å². The quantitative estimate of drug-likeness (QED) is 0.741. The summed E-state index contributed by atoms with van der Waals surface area (Å²) in [6.07, 6.45) is 1.66. The fourth-order valence-electron chi connectivity index (χ4n) is 1.52. The van der Waals surface area contributed by atoms with Gasteiger partial charge >= 0.3 is 0 Å². The number of thiophene rings is 1. The average molecular weight is 225 g/mol. The molecule has 0 saturated heterocycles. The molecule has 3 heteroatoms. The highest BCUT2D eigenvalue weighted by Crippen LogP contribution is 2.23. The Bertz CT molecular complexity index is 295. The molecule has 1 aromatic heterocycles. The first-order chi connectivity index (χ1) is 7.11. The number of hydrogen-bond donors (Lipinski definition) is 0. The van der Waals surface area contributed by atoms with Crippen molar-refractivity contribution in [2.45, 2.75) is 32.7 Å². The zero-order valence-electron chi connectivity index (χ0n) is 9.69. The van der Waals surface area contributed by atoms with Gasteiger partial charge in [-0.05, 0) is 45.3 Å². The maximum atomic E-state index is 10.8. The SMILES string of the molecule is CC(=O)CCCN(C)C(C)c1cccs1. The van der Waals surface area contributed by atoms with Crippen molar-refractivity contribution >= 4 is 17.1 Å². The van der Waals surface area contributed by atoms with E-state index in [4.69, 9.17) is 0 Å². The molecule has 0 bridgehead atoms. The Balaban J connectivity index is 2.33. The van der Waals surface area contributed by atoms with Gasteiger partial charge < -0.3 is 4.79 Å². The third-order valence-electron chi connectivity index (χ3n) is 2.66. The second-order valence-corrected chi connectivity index (χ2v) is 4.96. The summed E-state index contributed by atoms with van der Waals surface area (Å²) in [4.78, 5) is 14.5. The van der Waals surface area contributed by atoms with Gasteiger partial charge in [-0.2, -0.15) is 0 Å². The van der Waals surface area contributed by atoms with Gasteiger partial charge in [0.05, 0.1) is 0 Å². The Hall–Kier alpha value is -0.670. The molecule has 0 radical (unpaired) electrons. The third-order valence-corrected chi connectivity index (χ3v) is 3.70. The highest BCUT2D eigenvalue weighted by atomic mass is 32.1. The lowest BCUT2D eigenvalue weighted by molar-refractivity contribution is -0.117. The summed E-state index contributed by atoms with van der Waals surface area (Å²) in [7, 11) is 2.12. The van der Waals surface area contributed by atoms with Gasteiger partial charge in [-0.15, -0.1) is 11.3 Å². The first-order valence-electron chi connectivity index (χ1n) is 5.34. The zero-order valence-corrected chi connectivity index (χ0v) is 10.5. The summed E-state index contributed by atoms with van der Waals surface area (Å²) in [6.45, 7) is 4.85. The van der Waals surface area contributed by atoms with Gasteiger partial charge in [-0.1, -0.05) is 6.07 Å². The molecule has 1 heterocycles. The Kier molecular flexibility index (Phi) is 4.99. The number of Topliss-reactive ketones (excluding diaryl/α,β-unsaturated/α-hetero) is 1. The van der Waals surface area contributed by atoms with Gasteiger partial charge in [0.2, 0.25) is 0 Å². The van der Waals surface area contributed by atoms with Crippen LogP contribution >= 0.6 is 11.3 Å². The van der Waals surface area contributed by atoms with Gasteiger partial charge in [0.25, 0.3) is 0 Å². The van der Waals surface area contributed by atoms with Crippen LogP contribution in [-0.2, 0) is 4.79 Å². The minimum Gasteiger partial charge on any atom is -0.300 e. The molecule has 0 aliphatic heterocycles. The molecule has 84 valence electrons. The van der Waals surface area contributed by atoms with Crippen LogP contribution in [0.1, 0.15) is 37.6 Å². The number of hydrogen-bond acceptors (Lipinski definition) is 3. The second kappa shape index (κ2) is 6.03. The second-order valence-electron chi connectivity index (χ2n) is 3.98. The van der Waals surface area contributed by atoms with E-state index >= 15 is 0 Å². The smallest absolute Gasteiger partial charge is 0.129 e. The highest BCUT2D eigenvalue weighted by Gasteiger charge is 2.11. The molecule has 0 amide bonds. The molecule has 1 atom stereocenters. The summed E-state index contributed by atoms with van der Waals surface area (Å²) in [5, 5.41) is 2.11. The van der Waals surface area contributed by atoms with Crippen molar-refractivity contribution in [1.82, 2.24) is 4.90 Å². The van der Waals surface area contributed by atoms with Crippen LogP contribution in [0.2, 0.25) is 0 Å². The number of carbonyl (C=O) groups excluding carboxylic acids is 1. The van der Waals surface area contributed by atoms with Crippen LogP contribution in [0.5, 0.6) is 0 Å². The van der Waals surface area contributed by atoms with E-state index in [1.807, 2.05) is 0 Å². The van der Waals surface area contributed by atoms with Gasteiger partial charge in [-0.3, -0.25) is 4.90 Å². The van der Waals surface area contributed by atoms with Crippen molar-refractivity contribution in [2.24, 2.45) is 0 Å². The third kappa shape index (κ3) is 4.14. The largest absolute Gasteiger partial charge is 0.300 e. The molecule has 0 aromatic carbocycles. The van der Waals surface area contributed by atoms with Gasteiger partial charge in [-0.25, -0.2) is 0 Å². The molecule has 0 spiro atoms. The van der Waals surface area contributed by atoms with Crippen molar-refractivity contribution < 1.29 is 4.79 Å². The fourth-order valence-corrected chi connectivity index (χ4v) is 2.37. The van der Waals surface area contributed by atoms with Crippen LogP contribution in [0.3, 0.4) is 0 Å². The Morgan fingerprint density at radius 2 is 2.33 bits per heavy atom. The van der Waals surface area contributed by atoms with E-state index in [1.54, 1.807) is 18.3 Å². The topological polar surface area (TPSA) is 20.3 Å². The van der Waals surface area contributed by atoms with Crippen molar-refractivity contribution in [3.63, 3.8) is 0 Å². The van der Waals surface area contributed by atoms with E-state index in [-0.39, 0.29) is 5.78 Å². The van der Waals surface area contributed by atoms with Crippen molar-refractivity contribution in [3.05, 3.63) is 22.4 Å². The summed E-state index contributed by atoms with van der Waals surface area (Å²) in [5.74, 6) is 0.284. The number of carbonyl (C=O) groups is 1. The van der Waals surface area contributed by atoms with E-state index < -0.39 is 0 Å². The first-order valence-corrected chi connectivity index (χ1v) is 6.22. The Morgan fingerprint density at radius 3 is 2.87 bits per heavy atom. The number of rotatable bonds is 6. The van der Waals surface area contributed by atoms with Crippen molar-refractivity contribution in [3.8, 4) is 0 Å². The first kappa shape index (κ1) is 12.4. The molecular formula is C12H19NOS. The van der Waals surface area contributed by atoms with E-state index in [2.05, 4.69) is 36.4 Å². The molecule has 0 aliphatic rings. The minimum absolute atomic E-state index is 0.284. The predicted molar refractivity (Wildman–Crippen MR) is 65.3 cm³/mol. The molecule has 0 saturated carbocycles. The summed E-state index contributed by atoms with van der Waals surface area (Å²) >= 11 is 1.79. The molecule has 1 rings (SSSR count). The lowest BCUT2D eigenvalue weighted by Crippen LogP contribution is -2.23. The van der Waals surface area contributed by atoms with Crippen LogP contribution < -0.4 is 0 Å². The molecular weight excluding hydrogens is 206 g/mol. The standard InChI is InChI=1S/C12H19NOS/c1-10(14)6-4-8-13(3)11(2)12-7-5-9-15-12/h5,7,9,11H,4,6,8H2,1-3H3. The van der Waals surface area contributed by atoms with Gasteiger partial charge in [0.15, 0.2) is 0 Å². The number of ketones is 1. The molecule has 0 N–H and O–H groups in total. The lowest BCUT2D eigenvalue weighted by Gasteiger charge is -2.23. The maximum Gasteiger partial charge on any atom is 0.129 e. The molecule has 2 nitrogen and oxygen atoms in total. The molecule has 1 aromatic rings. The molecule has 0 fully saturated rings. The van der Waals surface area contributed by atoms with Crippen LogP contribution in [-0.4, -0.2) is 24.3 Å². The van der Waals surface area contributed by atoms with E-state index in [0.29, 0.717) is 12.5 Å². The molecule has 1 unspecified atom stereocenters. The van der Waals surface area contributed by atoms with E-state index in [1.165, 1.54) is 4.88 Å². The molecule has 0 aliphatic carbocycles. The van der Waals surface area contributed by atoms with Crippen LogP contribution in [0.25, 0.3) is 0 Å². The Labute approximate surface area is 95.9 Å².